The molecule has 0 aliphatic carbocycles. The minimum atomic E-state index is 0.0567. The molecule has 0 aromatic heterocycles. The molecular weight excluding hydrogens is 352 g/mol. The van der Waals surface area contributed by atoms with Crippen LogP contribution in [0.4, 0.5) is 0 Å². The molecule has 0 aliphatic heterocycles. The molecule has 0 atom stereocenters. The Morgan fingerprint density at radius 3 is 2.62 bits per heavy atom. The van der Waals surface area contributed by atoms with E-state index in [9.17, 15) is 4.79 Å². The minimum Gasteiger partial charge on any atom is -0.489 e. The Labute approximate surface area is 138 Å². The van der Waals surface area contributed by atoms with Crippen LogP contribution in [0.1, 0.15) is 35.3 Å². The first kappa shape index (κ1) is 16.1. The molecule has 0 N–H and O–H groups in total. The Morgan fingerprint density at radius 2 is 1.95 bits per heavy atom. The van der Waals surface area contributed by atoms with Gasteiger partial charge in [-0.05, 0) is 49.2 Å². The molecule has 110 valence electrons. The fourth-order valence-electron chi connectivity index (χ4n) is 2.10. The number of ketones is 1. The molecule has 0 aliphatic rings. The van der Waals surface area contributed by atoms with Crippen LogP contribution in [0.3, 0.4) is 0 Å². The summed E-state index contributed by atoms with van der Waals surface area (Å²) >= 11 is 9.46. The normalized spacial score (nSPS) is 10.5. The van der Waals surface area contributed by atoms with Gasteiger partial charge in [0.25, 0.3) is 0 Å². The zero-order chi connectivity index (χ0) is 15.4. The zero-order valence-corrected chi connectivity index (χ0v) is 14.3. The Morgan fingerprint density at radius 1 is 1.19 bits per heavy atom. The lowest BCUT2D eigenvalue weighted by molar-refractivity contribution is 0.101. The Hall–Kier alpha value is -1.32. The molecule has 2 aromatic carbocycles. The van der Waals surface area contributed by atoms with E-state index >= 15 is 0 Å². The lowest BCUT2D eigenvalue weighted by Gasteiger charge is -2.11. The summed E-state index contributed by atoms with van der Waals surface area (Å²) in [6.45, 7) is 4.00. The van der Waals surface area contributed by atoms with Crippen LogP contribution < -0.4 is 4.74 Å². The van der Waals surface area contributed by atoms with Gasteiger partial charge in [0, 0.05) is 20.6 Å². The van der Waals surface area contributed by atoms with Gasteiger partial charge in [0.15, 0.2) is 5.78 Å². The fraction of sp³-hybridized carbons (Fsp3) is 0.235. The first-order valence-electron chi connectivity index (χ1n) is 6.72. The number of hydrogen-bond donors (Lipinski definition) is 0. The summed E-state index contributed by atoms with van der Waals surface area (Å²) in [5.74, 6) is 0.741. The predicted octanol–water partition coefficient (Wildman–Crippen LogP) is 5.45. The third-order valence-corrected chi connectivity index (χ3v) is 4.25. The van der Waals surface area contributed by atoms with E-state index in [1.807, 2.05) is 37.3 Å². The Balaban J connectivity index is 2.18. The predicted molar refractivity (Wildman–Crippen MR) is 89.3 cm³/mol. The second kappa shape index (κ2) is 7.10. The highest BCUT2D eigenvalue weighted by atomic mass is 79.9. The van der Waals surface area contributed by atoms with Crippen molar-refractivity contribution >= 4 is 33.3 Å². The van der Waals surface area contributed by atoms with E-state index in [1.54, 1.807) is 13.0 Å². The molecule has 0 bridgehead atoms. The monoisotopic (exact) mass is 366 g/mol. The maximum atomic E-state index is 11.7. The number of carbonyl (C=O) groups excluding carboxylic acids is 1. The largest absolute Gasteiger partial charge is 0.489 e. The summed E-state index contributed by atoms with van der Waals surface area (Å²) in [5, 5.41) is 0.669. The van der Waals surface area contributed by atoms with Crippen LogP contribution in [-0.4, -0.2) is 5.78 Å². The van der Waals surface area contributed by atoms with Crippen molar-refractivity contribution in [1.29, 1.82) is 0 Å². The maximum Gasteiger partial charge on any atom is 0.160 e. The van der Waals surface area contributed by atoms with Crippen LogP contribution in [0.5, 0.6) is 5.75 Å². The van der Waals surface area contributed by atoms with Gasteiger partial charge in [0.2, 0.25) is 0 Å². The van der Waals surface area contributed by atoms with Crippen molar-refractivity contribution < 1.29 is 9.53 Å². The van der Waals surface area contributed by atoms with E-state index in [0.717, 1.165) is 27.6 Å². The van der Waals surface area contributed by atoms with Crippen LogP contribution >= 0.6 is 27.5 Å². The molecule has 0 spiro atoms. The highest BCUT2D eigenvalue weighted by Crippen LogP contribution is 2.24. The quantitative estimate of drug-likeness (QED) is 0.657. The van der Waals surface area contributed by atoms with E-state index in [-0.39, 0.29) is 5.78 Å². The number of halogens is 2. The van der Waals surface area contributed by atoms with Crippen LogP contribution in [0.15, 0.2) is 40.9 Å². The molecule has 21 heavy (non-hydrogen) atoms. The summed E-state index contributed by atoms with van der Waals surface area (Å²) in [7, 11) is 0. The molecule has 2 aromatic rings. The molecule has 0 saturated heterocycles. The highest BCUT2D eigenvalue weighted by Gasteiger charge is 2.08. The van der Waals surface area contributed by atoms with Crippen LogP contribution in [-0.2, 0) is 13.0 Å². The summed E-state index contributed by atoms with van der Waals surface area (Å²) < 4.78 is 6.73. The van der Waals surface area contributed by atoms with Crippen molar-refractivity contribution in [1.82, 2.24) is 0 Å². The number of Topliss-reactive ketones (excluding diaryl/α,β-unsaturated/α-hetero) is 1. The van der Waals surface area contributed by atoms with Gasteiger partial charge in [-0.25, -0.2) is 0 Å². The molecule has 4 heteroatoms. The number of carbonyl (C=O) groups is 1. The lowest BCUT2D eigenvalue weighted by atomic mass is 10.0. The Bertz CT molecular complexity index is 668. The number of rotatable bonds is 5. The summed E-state index contributed by atoms with van der Waals surface area (Å²) in [5.41, 5.74) is 2.73. The molecule has 2 rings (SSSR count). The average molecular weight is 368 g/mol. The molecule has 0 amide bonds. The maximum absolute atomic E-state index is 11.7. The van der Waals surface area contributed by atoms with Crippen LogP contribution in [0.25, 0.3) is 0 Å². The molecule has 0 heterocycles. The third kappa shape index (κ3) is 4.08. The van der Waals surface area contributed by atoms with Crippen molar-refractivity contribution in [2.75, 3.05) is 0 Å². The second-order valence-corrected chi connectivity index (χ2v) is 6.04. The first-order chi connectivity index (χ1) is 10.0. The van der Waals surface area contributed by atoms with E-state index in [4.69, 9.17) is 16.3 Å². The van der Waals surface area contributed by atoms with Crippen molar-refractivity contribution in [3.63, 3.8) is 0 Å². The zero-order valence-electron chi connectivity index (χ0n) is 12.0. The Kier molecular flexibility index (Phi) is 5.43. The van der Waals surface area contributed by atoms with Gasteiger partial charge in [-0.3, -0.25) is 4.79 Å². The van der Waals surface area contributed by atoms with Gasteiger partial charge in [-0.1, -0.05) is 40.5 Å². The van der Waals surface area contributed by atoms with Gasteiger partial charge in [0.05, 0.1) is 0 Å². The number of benzene rings is 2. The standard InChI is InChI=1S/C17H16BrClO2/c1-3-12-4-6-15(9-16(12)11(2)20)21-10-13-8-14(19)5-7-17(13)18/h4-9H,3,10H2,1-2H3. The molecule has 2 nitrogen and oxygen atoms in total. The van der Waals surface area contributed by atoms with E-state index in [1.165, 1.54) is 0 Å². The molecule has 0 radical (unpaired) electrons. The summed E-state index contributed by atoms with van der Waals surface area (Å²) in [6, 6.07) is 11.2. The SMILES string of the molecule is CCc1ccc(OCc2cc(Cl)ccc2Br)cc1C(C)=O. The minimum absolute atomic E-state index is 0.0567. The summed E-state index contributed by atoms with van der Waals surface area (Å²) in [4.78, 5) is 11.7. The topological polar surface area (TPSA) is 26.3 Å². The molecular formula is C17H16BrClO2. The third-order valence-electron chi connectivity index (χ3n) is 3.24. The van der Waals surface area contributed by atoms with Gasteiger partial charge in [-0.15, -0.1) is 0 Å². The van der Waals surface area contributed by atoms with Crippen LogP contribution in [0, 0.1) is 0 Å². The molecule has 0 saturated carbocycles. The molecule has 0 fully saturated rings. The lowest BCUT2D eigenvalue weighted by Crippen LogP contribution is -2.01. The van der Waals surface area contributed by atoms with Gasteiger partial charge < -0.3 is 4.74 Å². The number of hydrogen-bond acceptors (Lipinski definition) is 2. The first-order valence-corrected chi connectivity index (χ1v) is 7.89. The number of ether oxygens (including phenoxy) is 1. The fourth-order valence-corrected chi connectivity index (χ4v) is 2.65. The van der Waals surface area contributed by atoms with Gasteiger partial charge in [0.1, 0.15) is 12.4 Å². The average Bonchev–Trinajstić information content (AvgIpc) is 2.47. The van der Waals surface area contributed by atoms with Gasteiger partial charge in [-0.2, -0.15) is 0 Å². The van der Waals surface area contributed by atoms with Crippen molar-refractivity contribution in [3.8, 4) is 5.75 Å². The highest BCUT2D eigenvalue weighted by molar-refractivity contribution is 9.10. The molecule has 0 unspecified atom stereocenters. The van der Waals surface area contributed by atoms with Crippen molar-refractivity contribution in [3.05, 3.63) is 62.6 Å². The van der Waals surface area contributed by atoms with Gasteiger partial charge >= 0.3 is 0 Å². The van der Waals surface area contributed by atoms with E-state index in [2.05, 4.69) is 15.9 Å². The van der Waals surface area contributed by atoms with E-state index in [0.29, 0.717) is 17.4 Å². The van der Waals surface area contributed by atoms with E-state index < -0.39 is 0 Å². The number of aryl methyl sites for hydroxylation is 1. The second-order valence-electron chi connectivity index (χ2n) is 4.75. The summed E-state index contributed by atoms with van der Waals surface area (Å²) in [6.07, 6.45) is 0.828. The van der Waals surface area contributed by atoms with Crippen molar-refractivity contribution in [2.45, 2.75) is 26.9 Å². The smallest absolute Gasteiger partial charge is 0.160 e. The van der Waals surface area contributed by atoms with Crippen LogP contribution in [0.2, 0.25) is 5.02 Å². The van der Waals surface area contributed by atoms with Crippen molar-refractivity contribution in [2.24, 2.45) is 0 Å².